The Labute approximate surface area is 187 Å². The highest BCUT2D eigenvalue weighted by Gasteiger charge is 2.38. The number of hydrogen-bond acceptors (Lipinski definition) is 6. The van der Waals surface area contributed by atoms with Crippen molar-refractivity contribution in [2.45, 2.75) is 19.4 Å². The molecule has 1 N–H and O–H groups in total. The topological polar surface area (TPSA) is 95.8 Å². The first kappa shape index (κ1) is 20.7. The summed E-state index contributed by atoms with van der Waals surface area (Å²) >= 11 is 0. The minimum atomic E-state index is -0.741. The third-order valence-corrected chi connectivity index (χ3v) is 5.69. The van der Waals surface area contributed by atoms with Crippen molar-refractivity contribution in [1.29, 1.82) is 0 Å². The molecule has 0 radical (unpaired) electrons. The van der Waals surface area contributed by atoms with Crippen molar-refractivity contribution in [1.82, 2.24) is 29.9 Å². The number of halogens is 2. The molecule has 1 atom stereocenters. The van der Waals surface area contributed by atoms with Gasteiger partial charge in [-0.2, -0.15) is 10.2 Å². The molecule has 4 aromatic rings. The van der Waals surface area contributed by atoms with Crippen LogP contribution in [0.4, 0.5) is 26.0 Å². The third kappa shape index (κ3) is 3.32. The summed E-state index contributed by atoms with van der Waals surface area (Å²) in [5.74, 6) is -0.692. The summed E-state index contributed by atoms with van der Waals surface area (Å²) in [5, 5.41) is 11.1. The van der Waals surface area contributed by atoms with Gasteiger partial charge in [-0.1, -0.05) is 6.92 Å². The van der Waals surface area contributed by atoms with E-state index in [1.165, 1.54) is 17.0 Å². The zero-order valence-corrected chi connectivity index (χ0v) is 18.1. The van der Waals surface area contributed by atoms with Crippen molar-refractivity contribution in [2.24, 2.45) is 7.05 Å². The number of nitrogens with one attached hydrogen (secondary N) is 1. The smallest absolute Gasteiger partial charge is 0.250 e. The molecule has 1 amide bonds. The Kier molecular flexibility index (Phi) is 4.88. The minimum Gasteiger partial charge on any atom is -0.309 e. The van der Waals surface area contributed by atoms with Gasteiger partial charge in [0.05, 0.1) is 23.6 Å². The molecule has 5 rings (SSSR count). The summed E-state index contributed by atoms with van der Waals surface area (Å²) in [6, 6.07) is 2.82. The largest absolute Gasteiger partial charge is 0.309 e. The van der Waals surface area contributed by atoms with E-state index in [1.54, 1.807) is 37.4 Å². The van der Waals surface area contributed by atoms with Crippen LogP contribution < -0.4 is 9.80 Å². The van der Waals surface area contributed by atoms with Crippen molar-refractivity contribution in [2.75, 3.05) is 16.8 Å². The normalized spacial score (nSPS) is 15.8. The second kappa shape index (κ2) is 7.76. The van der Waals surface area contributed by atoms with Gasteiger partial charge in [-0.15, -0.1) is 0 Å². The number of hydrogen-bond donors (Lipinski definition) is 1. The molecule has 0 spiro atoms. The Morgan fingerprint density at radius 3 is 2.67 bits per heavy atom. The van der Waals surface area contributed by atoms with Crippen molar-refractivity contribution >= 4 is 23.1 Å². The van der Waals surface area contributed by atoms with E-state index < -0.39 is 17.7 Å². The Balaban J connectivity index is 1.67. The molecule has 1 aliphatic rings. The first-order valence-corrected chi connectivity index (χ1v) is 10.3. The van der Waals surface area contributed by atoms with Crippen molar-refractivity contribution in [3.05, 3.63) is 54.6 Å². The van der Waals surface area contributed by atoms with Gasteiger partial charge in [-0.25, -0.2) is 18.7 Å². The van der Waals surface area contributed by atoms with Gasteiger partial charge in [0.1, 0.15) is 29.1 Å². The molecule has 1 aliphatic heterocycles. The second-order valence-corrected chi connectivity index (χ2v) is 7.74. The van der Waals surface area contributed by atoms with E-state index >= 15 is 0 Å². The van der Waals surface area contributed by atoms with Gasteiger partial charge in [0.2, 0.25) is 5.91 Å². The van der Waals surface area contributed by atoms with E-state index in [0.29, 0.717) is 29.2 Å². The predicted molar refractivity (Wildman–Crippen MR) is 118 cm³/mol. The number of carbonyl (C=O) groups is 1. The van der Waals surface area contributed by atoms with Crippen LogP contribution in [0.2, 0.25) is 0 Å². The SMILES string of the molecule is CCC1C(=O)N(C)c2cnc(-c3c[nH]nc3-c3ccc(F)cc3F)nc2N1c1cnn(C)c1. The maximum absolute atomic E-state index is 14.5. The van der Waals surface area contributed by atoms with Crippen LogP contribution in [0, 0.1) is 11.6 Å². The van der Waals surface area contributed by atoms with E-state index in [1.807, 2.05) is 18.0 Å². The van der Waals surface area contributed by atoms with Gasteiger partial charge in [-0.05, 0) is 18.6 Å². The molecule has 0 aliphatic carbocycles. The highest BCUT2D eigenvalue weighted by molar-refractivity contribution is 6.06. The standard InChI is InChI=1S/C22H20F2N8O/c1-4-17-22(33)31(3)18-10-25-20(28-21(18)32(17)13-8-27-30(2)11-13)15-9-26-29-19(15)14-6-5-12(23)7-16(14)24/h5-11,17H,4H2,1-3H3,(H,26,29). The molecule has 0 saturated heterocycles. The number of aromatic nitrogens is 6. The zero-order valence-electron chi connectivity index (χ0n) is 18.1. The van der Waals surface area contributed by atoms with Gasteiger partial charge < -0.3 is 9.80 Å². The Hall–Kier alpha value is -4.15. The Morgan fingerprint density at radius 2 is 1.97 bits per heavy atom. The Bertz CT molecular complexity index is 1360. The number of benzene rings is 1. The lowest BCUT2D eigenvalue weighted by Gasteiger charge is -2.39. The number of carbonyl (C=O) groups excluding carboxylic acids is 1. The third-order valence-electron chi connectivity index (χ3n) is 5.69. The molecule has 0 bridgehead atoms. The lowest BCUT2D eigenvalue weighted by Crippen LogP contribution is -2.50. The minimum absolute atomic E-state index is 0.0809. The van der Waals surface area contributed by atoms with E-state index in [9.17, 15) is 13.6 Å². The van der Waals surface area contributed by atoms with Crippen LogP contribution in [-0.2, 0) is 11.8 Å². The van der Waals surface area contributed by atoms with Crippen LogP contribution in [0.1, 0.15) is 13.3 Å². The highest BCUT2D eigenvalue weighted by atomic mass is 19.1. The van der Waals surface area contributed by atoms with Gasteiger partial charge in [0.25, 0.3) is 0 Å². The average molecular weight is 450 g/mol. The Morgan fingerprint density at radius 1 is 1.15 bits per heavy atom. The molecule has 0 saturated carbocycles. The summed E-state index contributed by atoms with van der Waals surface area (Å²) < 4.78 is 29.5. The fourth-order valence-corrected chi connectivity index (χ4v) is 4.05. The zero-order chi connectivity index (χ0) is 23.3. The van der Waals surface area contributed by atoms with E-state index in [4.69, 9.17) is 4.98 Å². The molecular weight excluding hydrogens is 430 g/mol. The molecule has 9 nitrogen and oxygen atoms in total. The van der Waals surface area contributed by atoms with E-state index in [0.717, 1.165) is 6.07 Å². The number of nitrogens with zero attached hydrogens (tertiary/aromatic N) is 7. The molecule has 0 fully saturated rings. The van der Waals surface area contributed by atoms with Crippen molar-refractivity contribution < 1.29 is 13.6 Å². The monoisotopic (exact) mass is 450 g/mol. The fourth-order valence-electron chi connectivity index (χ4n) is 4.05. The number of rotatable bonds is 4. The number of aryl methyl sites for hydroxylation is 1. The summed E-state index contributed by atoms with van der Waals surface area (Å²) in [6.45, 7) is 1.93. The molecule has 11 heteroatoms. The molecular formula is C22H20F2N8O. The molecule has 3 aromatic heterocycles. The first-order valence-electron chi connectivity index (χ1n) is 10.3. The van der Waals surface area contributed by atoms with Gasteiger partial charge in [-0.3, -0.25) is 14.6 Å². The van der Waals surface area contributed by atoms with Gasteiger partial charge in [0, 0.05) is 38.1 Å². The first-order chi connectivity index (χ1) is 15.9. The van der Waals surface area contributed by atoms with Crippen molar-refractivity contribution in [3.8, 4) is 22.6 Å². The maximum Gasteiger partial charge on any atom is 0.250 e. The average Bonchev–Trinajstić information content (AvgIpc) is 3.45. The van der Waals surface area contributed by atoms with E-state index in [-0.39, 0.29) is 23.0 Å². The quantitative estimate of drug-likeness (QED) is 0.512. The molecule has 1 unspecified atom stereocenters. The molecule has 33 heavy (non-hydrogen) atoms. The summed E-state index contributed by atoms with van der Waals surface area (Å²) in [6.07, 6.45) is 7.15. The van der Waals surface area contributed by atoms with Crippen LogP contribution >= 0.6 is 0 Å². The van der Waals surface area contributed by atoms with Crippen LogP contribution in [0.25, 0.3) is 22.6 Å². The van der Waals surface area contributed by atoms with Gasteiger partial charge >= 0.3 is 0 Å². The number of aromatic amines is 1. The summed E-state index contributed by atoms with van der Waals surface area (Å²) in [4.78, 5) is 25.6. The summed E-state index contributed by atoms with van der Waals surface area (Å²) in [7, 11) is 3.48. The molecule has 4 heterocycles. The van der Waals surface area contributed by atoms with Gasteiger partial charge in [0.15, 0.2) is 11.6 Å². The van der Waals surface area contributed by atoms with Crippen LogP contribution in [0.5, 0.6) is 0 Å². The van der Waals surface area contributed by atoms with Crippen molar-refractivity contribution in [3.63, 3.8) is 0 Å². The number of amides is 1. The number of H-pyrrole nitrogens is 1. The van der Waals surface area contributed by atoms with E-state index in [2.05, 4.69) is 20.3 Å². The predicted octanol–water partition coefficient (Wildman–Crippen LogP) is 3.44. The van der Waals surface area contributed by atoms with Crippen LogP contribution in [0.3, 0.4) is 0 Å². The molecule has 168 valence electrons. The maximum atomic E-state index is 14.5. The molecule has 1 aromatic carbocycles. The number of fused-ring (bicyclic) bond motifs is 1. The number of likely N-dealkylation sites (N-methyl/N-ethyl adjacent to an activating group) is 1. The lowest BCUT2D eigenvalue weighted by atomic mass is 10.1. The highest BCUT2D eigenvalue weighted by Crippen LogP contribution is 2.41. The number of anilines is 3. The summed E-state index contributed by atoms with van der Waals surface area (Å²) in [5.41, 5.74) is 2.08. The fraction of sp³-hybridized carbons (Fsp3) is 0.227. The lowest BCUT2D eigenvalue weighted by molar-refractivity contribution is -0.119. The second-order valence-electron chi connectivity index (χ2n) is 7.74. The van der Waals surface area contributed by atoms with Crippen LogP contribution in [-0.4, -0.2) is 48.9 Å². The van der Waals surface area contributed by atoms with Crippen LogP contribution in [0.15, 0.2) is 43.0 Å².